The van der Waals surface area contributed by atoms with Crippen molar-refractivity contribution in [3.8, 4) is 11.5 Å². The van der Waals surface area contributed by atoms with Crippen LogP contribution in [0.25, 0.3) is 6.08 Å². The van der Waals surface area contributed by atoms with E-state index in [-0.39, 0.29) is 16.7 Å². The Morgan fingerprint density at radius 1 is 1.56 bits per heavy atom. The van der Waals surface area contributed by atoms with Gasteiger partial charge in [-0.3, -0.25) is 4.79 Å². The molecule has 3 N–H and O–H groups in total. The van der Waals surface area contributed by atoms with Crippen molar-refractivity contribution in [2.24, 2.45) is 10.7 Å². The number of thioether (sulfide) groups is 1. The number of carbonyl (C=O) groups excluding carboxylic acids is 1. The lowest BCUT2D eigenvalue weighted by molar-refractivity contribution is -0.113. The first-order valence-corrected chi connectivity index (χ1v) is 6.05. The summed E-state index contributed by atoms with van der Waals surface area (Å²) in [6.07, 6.45) is 1.56. The highest BCUT2D eigenvalue weighted by Crippen LogP contribution is 2.35. The number of methoxy groups -OCH3 is 1. The van der Waals surface area contributed by atoms with Crippen LogP contribution in [0.1, 0.15) is 5.56 Å². The first-order chi connectivity index (χ1) is 8.51. The Hall–Kier alpha value is -1.66. The van der Waals surface area contributed by atoms with E-state index in [2.05, 4.69) is 4.99 Å². The summed E-state index contributed by atoms with van der Waals surface area (Å²) in [5, 5.41) is 10.0. The topological polar surface area (TPSA) is 84.9 Å². The standard InChI is InChI=1S/C11H9ClN2O3S/c1-17-8-2-5(6(12)4-7(8)15)3-9-10(16)14-11(13)18-9/h2-4,15H,1H3,(H2,13,14,16)/b9-3-. The van der Waals surface area contributed by atoms with Crippen molar-refractivity contribution in [1.29, 1.82) is 0 Å². The van der Waals surface area contributed by atoms with E-state index < -0.39 is 5.91 Å². The van der Waals surface area contributed by atoms with E-state index in [0.29, 0.717) is 15.5 Å². The molecule has 0 saturated carbocycles. The van der Waals surface area contributed by atoms with Gasteiger partial charge < -0.3 is 15.6 Å². The van der Waals surface area contributed by atoms with Gasteiger partial charge in [0.1, 0.15) is 0 Å². The quantitative estimate of drug-likeness (QED) is 0.811. The van der Waals surface area contributed by atoms with Crippen molar-refractivity contribution in [3.63, 3.8) is 0 Å². The summed E-state index contributed by atoms with van der Waals surface area (Å²) in [5.41, 5.74) is 5.99. The number of hydrogen-bond donors (Lipinski definition) is 2. The van der Waals surface area contributed by atoms with Crippen molar-refractivity contribution in [1.82, 2.24) is 0 Å². The molecule has 7 heteroatoms. The zero-order valence-corrected chi connectivity index (χ0v) is 10.9. The van der Waals surface area contributed by atoms with E-state index in [1.54, 1.807) is 6.08 Å². The summed E-state index contributed by atoms with van der Waals surface area (Å²) < 4.78 is 4.97. The lowest BCUT2D eigenvalue weighted by Gasteiger charge is -2.06. The summed E-state index contributed by atoms with van der Waals surface area (Å²) >= 11 is 7.04. The number of nitrogens with two attached hydrogens (primary N) is 1. The van der Waals surface area contributed by atoms with E-state index in [9.17, 15) is 9.90 Å². The number of amides is 1. The molecule has 0 unspecified atom stereocenters. The van der Waals surface area contributed by atoms with Gasteiger partial charge in [0.25, 0.3) is 5.91 Å². The third kappa shape index (κ3) is 2.44. The fourth-order valence-electron chi connectivity index (χ4n) is 1.40. The second-order valence-electron chi connectivity index (χ2n) is 3.41. The molecular formula is C11H9ClN2O3S. The van der Waals surface area contributed by atoms with E-state index >= 15 is 0 Å². The lowest BCUT2D eigenvalue weighted by atomic mass is 10.2. The summed E-state index contributed by atoms with van der Waals surface area (Å²) in [4.78, 5) is 15.4. The monoisotopic (exact) mass is 284 g/mol. The Kier molecular flexibility index (Phi) is 3.49. The van der Waals surface area contributed by atoms with Crippen molar-refractivity contribution in [3.05, 3.63) is 27.6 Å². The third-order valence-corrected chi connectivity index (χ3v) is 3.36. The molecular weight excluding hydrogens is 276 g/mol. The molecule has 0 atom stereocenters. The smallest absolute Gasteiger partial charge is 0.286 e. The molecule has 0 aromatic heterocycles. The second kappa shape index (κ2) is 4.91. The van der Waals surface area contributed by atoms with E-state index in [1.807, 2.05) is 0 Å². The largest absolute Gasteiger partial charge is 0.504 e. The average molecular weight is 285 g/mol. The minimum absolute atomic E-state index is 0.0641. The molecule has 0 radical (unpaired) electrons. The van der Waals surface area contributed by atoms with E-state index in [0.717, 1.165) is 11.8 Å². The van der Waals surface area contributed by atoms with Crippen LogP contribution in [0.4, 0.5) is 0 Å². The number of rotatable bonds is 2. The van der Waals surface area contributed by atoms with Crippen molar-refractivity contribution >= 4 is 40.5 Å². The molecule has 2 rings (SSSR count). The van der Waals surface area contributed by atoms with Gasteiger partial charge in [-0.15, -0.1) is 0 Å². The van der Waals surface area contributed by atoms with Gasteiger partial charge in [0, 0.05) is 6.07 Å². The summed E-state index contributed by atoms with van der Waals surface area (Å²) in [5.74, 6) is -0.193. The van der Waals surface area contributed by atoms with Gasteiger partial charge >= 0.3 is 0 Å². The zero-order chi connectivity index (χ0) is 13.3. The van der Waals surface area contributed by atoms with Crippen LogP contribution in [0.5, 0.6) is 11.5 Å². The molecule has 18 heavy (non-hydrogen) atoms. The highest BCUT2D eigenvalue weighted by molar-refractivity contribution is 8.18. The molecule has 1 amide bonds. The Morgan fingerprint density at radius 2 is 2.28 bits per heavy atom. The molecule has 94 valence electrons. The van der Waals surface area contributed by atoms with Crippen LogP contribution in [0.15, 0.2) is 22.0 Å². The van der Waals surface area contributed by atoms with Crippen molar-refractivity contribution < 1.29 is 14.6 Å². The maximum absolute atomic E-state index is 11.4. The number of phenolic OH excluding ortho intramolecular Hbond substituents is 1. The number of hydrogen-bond acceptors (Lipinski definition) is 5. The molecule has 1 aliphatic heterocycles. The predicted molar refractivity (Wildman–Crippen MR) is 71.9 cm³/mol. The van der Waals surface area contributed by atoms with Crippen LogP contribution in [0.3, 0.4) is 0 Å². The third-order valence-electron chi connectivity index (χ3n) is 2.22. The first-order valence-electron chi connectivity index (χ1n) is 4.86. The van der Waals surface area contributed by atoms with Gasteiger partial charge in [0.2, 0.25) is 0 Å². The van der Waals surface area contributed by atoms with Gasteiger partial charge in [-0.05, 0) is 29.5 Å². The number of halogens is 1. The molecule has 1 aliphatic rings. The summed E-state index contributed by atoms with van der Waals surface area (Å²) in [6, 6.07) is 2.88. The van der Waals surface area contributed by atoms with Crippen LogP contribution >= 0.6 is 23.4 Å². The number of amidine groups is 1. The Morgan fingerprint density at radius 3 is 2.83 bits per heavy atom. The predicted octanol–water partition coefficient (Wildman–Crippen LogP) is 1.98. The van der Waals surface area contributed by atoms with Crippen LogP contribution in [-0.4, -0.2) is 23.3 Å². The van der Waals surface area contributed by atoms with Crippen LogP contribution < -0.4 is 10.5 Å². The van der Waals surface area contributed by atoms with Gasteiger partial charge in [-0.1, -0.05) is 11.6 Å². The molecule has 0 bridgehead atoms. The molecule has 1 aromatic rings. The van der Waals surface area contributed by atoms with E-state index in [1.165, 1.54) is 19.2 Å². The minimum atomic E-state index is -0.402. The van der Waals surface area contributed by atoms with Crippen molar-refractivity contribution in [2.45, 2.75) is 0 Å². The Labute approximate surface area is 112 Å². The fraction of sp³-hybridized carbons (Fsp3) is 0.0909. The zero-order valence-electron chi connectivity index (χ0n) is 9.31. The number of phenols is 1. The minimum Gasteiger partial charge on any atom is -0.504 e. The van der Waals surface area contributed by atoms with Gasteiger partial charge in [-0.25, -0.2) is 0 Å². The number of nitrogens with zero attached hydrogens (tertiary/aromatic N) is 1. The second-order valence-corrected chi connectivity index (χ2v) is 4.88. The van der Waals surface area contributed by atoms with Crippen LogP contribution in [0, 0.1) is 0 Å². The Balaban J connectivity index is 2.41. The average Bonchev–Trinajstić information content (AvgIpc) is 2.61. The highest BCUT2D eigenvalue weighted by Gasteiger charge is 2.20. The summed E-state index contributed by atoms with van der Waals surface area (Å²) in [7, 11) is 1.43. The normalized spacial score (nSPS) is 17.1. The van der Waals surface area contributed by atoms with E-state index in [4.69, 9.17) is 22.1 Å². The summed E-state index contributed by atoms with van der Waals surface area (Å²) in [6.45, 7) is 0. The number of carbonyl (C=O) groups is 1. The molecule has 1 aromatic carbocycles. The lowest BCUT2D eigenvalue weighted by Crippen LogP contribution is -2.01. The van der Waals surface area contributed by atoms with Gasteiger partial charge in [-0.2, -0.15) is 4.99 Å². The maximum Gasteiger partial charge on any atom is 0.286 e. The van der Waals surface area contributed by atoms with Gasteiger partial charge in [0.05, 0.1) is 17.0 Å². The number of aromatic hydroxyl groups is 1. The van der Waals surface area contributed by atoms with Crippen molar-refractivity contribution in [2.75, 3.05) is 7.11 Å². The van der Waals surface area contributed by atoms with Crippen LogP contribution in [-0.2, 0) is 4.79 Å². The number of aliphatic imine (C=N–C) groups is 1. The molecule has 0 fully saturated rings. The fourth-order valence-corrected chi connectivity index (χ4v) is 2.28. The number of ether oxygens (including phenoxy) is 1. The van der Waals surface area contributed by atoms with Gasteiger partial charge in [0.15, 0.2) is 16.7 Å². The molecule has 0 spiro atoms. The SMILES string of the molecule is COc1cc(/C=C2\SC(N)=NC2=O)c(Cl)cc1O. The molecule has 0 saturated heterocycles. The molecule has 1 heterocycles. The molecule has 0 aliphatic carbocycles. The van der Waals surface area contributed by atoms with Crippen LogP contribution in [0.2, 0.25) is 5.02 Å². The highest BCUT2D eigenvalue weighted by atomic mass is 35.5. The Bertz CT molecular complexity index is 584. The molecule has 5 nitrogen and oxygen atoms in total. The maximum atomic E-state index is 11.4. The number of benzene rings is 1. The first kappa shape index (κ1) is 12.8.